The highest BCUT2D eigenvalue weighted by Gasteiger charge is 2.37. The molecule has 0 spiro atoms. The Hall–Kier alpha value is -1.05. The summed E-state index contributed by atoms with van der Waals surface area (Å²) in [5.74, 6) is 5.00. The number of rotatable bonds is 3. The lowest BCUT2D eigenvalue weighted by atomic mass is 10.1. The molecule has 1 aliphatic rings. The number of ether oxygens (including phenoxy) is 3. The molecule has 0 saturated carbocycles. The van der Waals surface area contributed by atoms with E-state index in [4.69, 9.17) is 14.2 Å². The van der Waals surface area contributed by atoms with Gasteiger partial charge in [-0.1, -0.05) is 18.8 Å². The minimum atomic E-state index is -0.578. The summed E-state index contributed by atoms with van der Waals surface area (Å²) in [5.41, 5.74) is 0. The lowest BCUT2D eigenvalue weighted by Gasteiger charge is -2.15. The van der Waals surface area contributed by atoms with E-state index in [0.717, 1.165) is 0 Å². The Balaban J connectivity index is 2.45. The second kappa shape index (κ2) is 6.21. The van der Waals surface area contributed by atoms with Crippen LogP contribution in [0.15, 0.2) is 0 Å². The predicted molar refractivity (Wildman–Crippen MR) is 67.7 cm³/mol. The smallest absolute Gasteiger partial charge is 0.309 e. The van der Waals surface area contributed by atoms with Gasteiger partial charge >= 0.3 is 5.97 Å². The first-order valence-corrected chi connectivity index (χ1v) is 6.36. The highest BCUT2D eigenvalue weighted by Crippen LogP contribution is 2.27. The molecule has 1 rings (SSSR count). The van der Waals surface area contributed by atoms with E-state index in [9.17, 15) is 4.79 Å². The molecule has 0 bridgehead atoms. The van der Waals surface area contributed by atoms with E-state index in [0.29, 0.717) is 13.0 Å². The van der Waals surface area contributed by atoms with Crippen LogP contribution < -0.4 is 0 Å². The molecule has 0 amide bonds. The molecule has 0 N–H and O–H groups in total. The Labute approximate surface area is 109 Å². The second-order valence-corrected chi connectivity index (χ2v) is 4.94. The molecule has 0 aliphatic carbocycles. The molecule has 0 aromatic rings. The lowest BCUT2D eigenvalue weighted by molar-refractivity contribution is -0.147. The zero-order chi connectivity index (χ0) is 13.8. The maximum absolute atomic E-state index is 11.4. The summed E-state index contributed by atoms with van der Waals surface area (Å²) in [5, 5.41) is 0. The first-order chi connectivity index (χ1) is 8.35. The molecule has 4 nitrogen and oxygen atoms in total. The van der Waals surface area contributed by atoms with Gasteiger partial charge in [-0.15, -0.1) is 0 Å². The van der Waals surface area contributed by atoms with Gasteiger partial charge in [0, 0.05) is 6.42 Å². The molecule has 4 heteroatoms. The Morgan fingerprint density at radius 2 is 2.11 bits per heavy atom. The van der Waals surface area contributed by atoms with Gasteiger partial charge in [0.1, 0.15) is 6.10 Å². The first kappa shape index (κ1) is 15.0. The van der Waals surface area contributed by atoms with Crippen LogP contribution in [-0.2, 0) is 19.0 Å². The van der Waals surface area contributed by atoms with Crippen LogP contribution >= 0.6 is 0 Å². The molecule has 18 heavy (non-hydrogen) atoms. The molecule has 1 saturated heterocycles. The van der Waals surface area contributed by atoms with E-state index in [-0.39, 0.29) is 24.1 Å². The van der Waals surface area contributed by atoms with Crippen LogP contribution in [0.4, 0.5) is 0 Å². The van der Waals surface area contributed by atoms with Gasteiger partial charge in [0.05, 0.1) is 18.6 Å². The van der Waals surface area contributed by atoms with Gasteiger partial charge in [-0.25, -0.2) is 0 Å². The number of carbonyl (C=O) groups excluding carboxylic acids is 1. The number of hydrogen-bond acceptors (Lipinski definition) is 4. The average Bonchev–Trinajstić information content (AvgIpc) is 2.52. The minimum Gasteiger partial charge on any atom is -0.466 e. The van der Waals surface area contributed by atoms with Crippen LogP contribution in [0.5, 0.6) is 0 Å². The maximum Gasteiger partial charge on any atom is 0.309 e. The summed E-state index contributed by atoms with van der Waals surface area (Å²) in [6.45, 7) is 9.68. The fraction of sp³-hybridized carbons (Fsp3) is 0.786. The van der Waals surface area contributed by atoms with Gasteiger partial charge in [0.15, 0.2) is 5.79 Å². The van der Waals surface area contributed by atoms with Gasteiger partial charge in [0.25, 0.3) is 0 Å². The molecular weight excluding hydrogens is 232 g/mol. The third-order valence-electron chi connectivity index (χ3n) is 2.65. The fourth-order valence-electron chi connectivity index (χ4n) is 1.77. The van der Waals surface area contributed by atoms with Crippen molar-refractivity contribution in [1.29, 1.82) is 0 Å². The van der Waals surface area contributed by atoms with E-state index in [1.54, 1.807) is 6.92 Å². The van der Waals surface area contributed by atoms with Gasteiger partial charge in [-0.2, -0.15) is 0 Å². The molecule has 1 fully saturated rings. The zero-order valence-corrected chi connectivity index (χ0v) is 11.8. The predicted octanol–water partition coefficient (Wildman–Crippen LogP) is 2.12. The van der Waals surface area contributed by atoms with Crippen LogP contribution in [0.2, 0.25) is 0 Å². The Kier molecular flexibility index (Phi) is 5.18. The number of esters is 1. The van der Waals surface area contributed by atoms with Crippen molar-refractivity contribution < 1.29 is 19.0 Å². The normalized spacial score (nSPS) is 27.2. The van der Waals surface area contributed by atoms with Crippen molar-refractivity contribution in [2.75, 3.05) is 6.61 Å². The largest absolute Gasteiger partial charge is 0.466 e. The van der Waals surface area contributed by atoms with Crippen molar-refractivity contribution in [2.45, 2.75) is 59.0 Å². The molecular formula is C14H22O4. The van der Waals surface area contributed by atoms with Crippen LogP contribution in [0.3, 0.4) is 0 Å². The maximum atomic E-state index is 11.4. The number of hydrogen-bond donors (Lipinski definition) is 0. The van der Waals surface area contributed by atoms with E-state index < -0.39 is 5.79 Å². The summed E-state index contributed by atoms with van der Waals surface area (Å²) < 4.78 is 16.1. The number of carbonyl (C=O) groups is 1. The van der Waals surface area contributed by atoms with E-state index in [1.807, 2.05) is 27.7 Å². The molecule has 0 unspecified atom stereocenters. The zero-order valence-electron chi connectivity index (χ0n) is 11.8. The minimum absolute atomic E-state index is 0.0506. The second-order valence-electron chi connectivity index (χ2n) is 4.94. The highest BCUT2D eigenvalue weighted by molar-refractivity contribution is 5.72. The van der Waals surface area contributed by atoms with Gasteiger partial charge in [-0.05, 0) is 27.7 Å². The van der Waals surface area contributed by atoms with Gasteiger partial charge < -0.3 is 14.2 Å². The molecule has 102 valence electrons. The summed E-state index contributed by atoms with van der Waals surface area (Å²) in [4.78, 5) is 11.4. The first-order valence-electron chi connectivity index (χ1n) is 6.36. The van der Waals surface area contributed by atoms with E-state index in [2.05, 4.69) is 11.8 Å². The van der Waals surface area contributed by atoms with E-state index in [1.165, 1.54) is 0 Å². The van der Waals surface area contributed by atoms with Crippen LogP contribution in [0, 0.1) is 17.8 Å². The van der Waals surface area contributed by atoms with E-state index >= 15 is 0 Å². The third-order valence-corrected chi connectivity index (χ3v) is 2.65. The molecule has 0 aromatic carbocycles. The lowest BCUT2D eigenvalue weighted by Crippen LogP contribution is -2.21. The third kappa shape index (κ3) is 4.32. The Bertz CT molecular complexity index is 351. The SMILES string of the molecule is CCOC(=O)[C@H](C)CC#C[C@H]1OC(C)(C)O[C@@H]1C. The van der Waals surface area contributed by atoms with Crippen molar-refractivity contribution in [3.63, 3.8) is 0 Å². The summed E-state index contributed by atoms with van der Waals surface area (Å²) in [6.07, 6.45) is 0.200. The summed E-state index contributed by atoms with van der Waals surface area (Å²) in [6, 6.07) is 0. The summed E-state index contributed by atoms with van der Waals surface area (Å²) >= 11 is 0. The van der Waals surface area contributed by atoms with Crippen molar-refractivity contribution >= 4 is 5.97 Å². The van der Waals surface area contributed by atoms with Crippen molar-refractivity contribution in [3.05, 3.63) is 0 Å². The standard InChI is InChI=1S/C14H22O4/c1-6-16-13(15)10(2)8-7-9-12-11(3)17-14(4,5)18-12/h10-12H,6,8H2,1-5H3/t10-,11-,12-/m1/s1. The Morgan fingerprint density at radius 3 is 2.61 bits per heavy atom. The topological polar surface area (TPSA) is 44.8 Å². The fourth-order valence-corrected chi connectivity index (χ4v) is 1.77. The summed E-state index contributed by atoms with van der Waals surface area (Å²) in [7, 11) is 0. The van der Waals surface area contributed by atoms with Crippen molar-refractivity contribution in [1.82, 2.24) is 0 Å². The monoisotopic (exact) mass is 254 g/mol. The van der Waals surface area contributed by atoms with Crippen LogP contribution in [-0.4, -0.2) is 30.6 Å². The molecule has 3 atom stereocenters. The van der Waals surface area contributed by atoms with Crippen LogP contribution in [0.1, 0.15) is 41.0 Å². The quantitative estimate of drug-likeness (QED) is 0.571. The van der Waals surface area contributed by atoms with Crippen molar-refractivity contribution in [3.8, 4) is 11.8 Å². The molecule has 0 aromatic heterocycles. The molecule has 1 aliphatic heterocycles. The van der Waals surface area contributed by atoms with Crippen LogP contribution in [0.25, 0.3) is 0 Å². The highest BCUT2D eigenvalue weighted by atomic mass is 16.7. The average molecular weight is 254 g/mol. The Morgan fingerprint density at radius 1 is 1.44 bits per heavy atom. The van der Waals surface area contributed by atoms with Gasteiger partial charge in [-0.3, -0.25) is 4.79 Å². The molecule has 0 radical (unpaired) electrons. The molecule has 1 heterocycles. The van der Waals surface area contributed by atoms with Crippen molar-refractivity contribution in [2.24, 2.45) is 5.92 Å². The van der Waals surface area contributed by atoms with Gasteiger partial charge in [0.2, 0.25) is 0 Å².